The fourth-order valence-electron chi connectivity index (χ4n) is 2.59. The van der Waals surface area contributed by atoms with Gasteiger partial charge in [-0.25, -0.2) is 5.43 Å². The number of primary amides is 1. The zero-order valence-corrected chi connectivity index (χ0v) is 15.8. The van der Waals surface area contributed by atoms with Crippen molar-refractivity contribution >= 4 is 44.9 Å². The number of halogens is 1. The van der Waals surface area contributed by atoms with Crippen LogP contribution in [0, 0.1) is 0 Å². The first-order valence-corrected chi connectivity index (χ1v) is 8.88. The molecule has 1 aromatic heterocycles. The second-order valence-corrected chi connectivity index (χ2v) is 6.65. The van der Waals surface area contributed by atoms with Crippen LogP contribution in [0.1, 0.15) is 5.56 Å². The molecule has 7 nitrogen and oxygen atoms in total. The van der Waals surface area contributed by atoms with Crippen molar-refractivity contribution in [3.05, 3.63) is 64.8 Å². The SMILES string of the molecule is NC(=O)Cn1cc(/C=N/NC(=O)COc2cccc(Br)c2)c2ccccc21. The van der Waals surface area contributed by atoms with Crippen LogP contribution < -0.4 is 15.9 Å². The number of hydrogen-bond acceptors (Lipinski definition) is 4. The van der Waals surface area contributed by atoms with E-state index in [4.69, 9.17) is 10.5 Å². The molecule has 0 saturated carbocycles. The van der Waals surface area contributed by atoms with Gasteiger partial charge in [-0.1, -0.05) is 40.2 Å². The average Bonchev–Trinajstić information content (AvgIpc) is 2.97. The minimum absolute atomic E-state index is 0.0706. The van der Waals surface area contributed by atoms with Gasteiger partial charge in [0.05, 0.1) is 6.21 Å². The minimum Gasteiger partial charge on any atom is -0.484 e. The molecule has 0 fully saturated rings. The Kier molecular flexibility index (Phi) is 5.87. The molecule has 2 aromatic carbocycles. The number of para-hydroxylation sites is 1. The molecular weight excluding hydrogens is 412 g/mol. The van der Waals surface area contributed by atoms with Gasteiger partial charge >= 0.3 is 0 Å². The summed E-state index contributed by atoms with van der Waals surface area (Å²) in [6.45, 7) is -0.0849. The highest BCUT2D eigenvalue weighted by Gasteiger charge is 2.08. The van der Waals surface area contributed by atoms with Crippen LogP contribution in [0.4, 0.5) is 0 Å². The van der Waals surface area contributed by atoms with Crippen LogP contribution in [0.25, 0.3) is 10.9 Å². The van der Waals surface area contributed by atoms with E-state index in [0.29, 0.717) is 5.75 Å². The van der Waals surface area contributed by atoms with E-state index in [1.807, 2.05) is 36.4 Å². The number of ether oxygens (including phenoxy) is 1. The summed E-state index contributed by atoms with van der Waals surface area (Å²) in [5.41, 5.74) is 9.34. The number of nitrogens with zero attached hydrogens (tertiary/aromatic N) is 2. The Balaban J connectivity index is 1.64. The largest absolute Gasteiger partial charge is 0.484 e. The van der Waals surface area contributed by atoms with E-state index >= 15 is 0 Å². The van der Waals surface area contributed by atoms with Crippen molar-refractivity contribution < 1.29 is 14.3 Å². The number of carbonyl (C=O) groups is 2. The lowest BCUT2D eigenvalue weighted by atomic mass is 10.2. The maximum absolute atomic E-state index is 11.9. The highest BCUT2D eigenvalue weighted by atomic mass is 79.9. The standard InChI is InChI=1S/C19H17BrN4O3/c20-14-4-3-5-15(8-14)27-12-19(26)23-22-9-13-10-24(11-18(21)25)17-7-2-1-6-16(13)17/h1-10H,11-12H2,(H2,21,25)(H,23,26)/b22-9+. The smallest absolute Gasteiger partial charge is 0.277 e. The Morgan fingerprint density at radius 1 is 1.22 bits per heavy atom. The number of carbonyl (C=O) groups excluding carboxylic acids is 2. The highest BCUT2D eigenvalue weighted by molar-refractivity contribution is 9.10. The molecule has 3 aromatic rings. The quantitative estimate of drug-likeness (QED) is 0.446. The Hall–Kier alpha value is -3.13. The second-order valence-electron chi connectivity index (χ2n) is 5.74. The minimum atomic E-state index is -0.433. The summed E-state index contributed by atoms with van der Waals surface area (Å²) in [5, 5.41) is 4.88. The predicted molar refractivity (Wildman–Crippen MR) is 107 cm³/mol. The van der Waals surface area contributed by atoms with E-state index in [9.17, 15) is 9.59 Å². The van der Waals surface area contributed by atoms with E-state index in [1.54, 1.807) is 22.9 Å². The van der Waals surface area contributed by atoms with Gasteiger partial charge in [0.2, 0.25) is 5.91 Å². The summed E-state index contributed by atoms with van der Waals surface area (Å²) in [5.74, 6) is -0.234. The number of nitrogens with two attached hydrogens (primary N) is 1. The molecule has 0 atom stereocenters. The molecule has 8 heteroatoms. The van der Waals surface area contributed by atoms with Crippen LogP contribution in [0.15, 0.2) is 64.3 Å². The topological polar surface area (TPSA) is 98.7 Å². The Morgan fingerprint density at radius 3 is 2.81 bits per heavy atom. The van der Waals surface area contributed by atoms with E-state index in [0.717, 1.165) is 20.9 Å². The molecular formula is C19H17BrN4O3. The highest BCUT2D eigenvalue weighted by Crippen LogP contribution is 2.20. The zero-order valence-electron chi connectivity index (χ0n) is 14.3. The monoisotopic (exact) mass is 428 g/mol. The van der Waals surface area contributed by atoms with Gasteiger partial charge in [0.25, 0.3) is 5.91 Å². The lowest BCUT2D eigenvalue weighted by molar-refractivity contribution is -0.123. The summed E-state index contributed by atoms with van der Waals surface area (Å²) in [6, 6.07) is 14.8. The number of benzene rings is 2. The number of hydrogen-bond donors (Lipinski definition) is 2. The summed E-state index contributed by atoms with van der Waals surface area (Å²) in [6.07, 6.45) is 3.29. The molecule has 27 heavy (non-hydrogen) atoms. The normalized spacial score (nSPS) is 11.0. The van der Waals surface area contributed by atoms with Gasteiger partial charge in [-0.15, -0.1) is 0 Å². The van der Waals surface area contributed by atoms with E-state index < -0.39 is 5.91 Å². The van der Waals surface area contributed by atoms with Crippen molar-refractivity contribution in [3.63, 3.8) is 0 Å². The van der Waals surface area contributed by atoms with Gasteiger partial charge in [0, 0.05) is 27.1 Å². The maximum Gasteiger partial charge on any atom is 0.277 e. The lowest BCUT2D eigenvalue weighted by Crippen LogP contribution is -2.24. The number of hydrazone groups is 1. The van der Waals surface area contributed by atoms with Gasteiger partial charge in [0.1, 0.15) is 12.3 Å². The Morgan fingerprint density at radius 2 is 2.04 bits per heavy atom. The van der Waals surface area contributed by atoms with Crippen molar-refractivity contribution in [1.29, 1.82) is 0 Å². The molecule has 3 rings (SSSR count). The van der Waals surface area contributed by atoms with Gasteiger partial charge in [-0.2, -0.15) is 5.10 Å². The number of nitrogens with one attached hydrogen (secondary N) is 1. The van der Waals surface area contributed by atoms with Crippen molar-refractivity contribution in [2.75, 3.05) is 6.61 Å². The molecule has 0 aliphatic heterocycles. The van der Waals surface area contributed by atoms with E-state index in [-0.39, 0.29) is 19.1 Å². The first-order chi connectivity index (χ1) is 13.0. The summed E-state index contributed by atoms with van der Waals surface area (Å²) in [4.78, 5) is 23.1. The Labute approximate surface area is 163 Å². The van der Waals surface area contributed by atoms with Gasteiger partial charge < -0.3 is 15.0 Å². The summed E-state index contributed by atoms with van der Waals surface area (Å²) >= 11 is 3.34. The first kappa shape index (κ1) is 18.7. The molecule has 138 valence electrons. The summed E-state index contributed by atoms with van der Waals surface area (Å²) in [7, 11) is 0. The number of amides is 2. The molecule has 0 aliphatic rings. The second kappa shape index (κ2) is 8.50. The molecule has 2 amide bonds. The van der Waals surface area contributed by atoms with Gasteiger partial charge in [-0.05, 0) is 24.3 Å². The number of aromatic nitrogens is 1. The molecule has 0 radical (unpaired) electrons. The number of rotatable bonds is 7. The van der Waals surface area contributed by atoms with Crippen molar-refractivity contribution in [1.82, 2.24) is 9.99 Å². The average molecular weight is 429 g/mol. The first-order valence-electron chi connectivity index (χ1n) is 8.09. The third-order valence-corrected chi connectivity index (χ3v) is 4.20. The third-order valence-electron chi connectivity index (χ3n) is 3.70. The fraction of sp³-hybridized carbons (Fsp3) is 0.105. The maximum atomic E-state index is 11.9. The molecule has 3 N–H and O–H groups in total. The molecule has 0 aliphatic carbocycles. The van der Waals surface area contributed by atoms with Gasteiger partial charge in [0.15, 0.2) is 6.61 Å². The zero-order chi connectivity index (χ0) is 19.2. The third kappa shape index (κ3) is 4.95. The van der Waals surface area contributed by atoms with Crippen LogP contribution in [0.5, 0.6) is 5.75 Å². The fourth-order valence-corrected chi connectivity index (χ4v) is 2.97. The van der Waals surface area contributed by atoms with Crippen LogP contribution in [-0.2, 0) is 16.1 Å². The molecule has 0 bridgehead atoms. The van der Waals surface area contributed by atoms with E-state index in [2.05, 4.69) is 26.5 Å². The molecule has 0 spiro atoms. The predicted octanol–water partition coefficient (Wildman–Crippen LogP) is 2.42. The molecule has 0 saturated heterocycles. The Bertz CT molecular complexity index is 1010. The molecule has 0 unspecified atom stereocenters. The number of fused-ring (bicyclic) bond motifs is 1. The van der Waals surface area contributed by atoms with Crippen molar-refractivity contribution in [2.24, 2.45) is 10.8 Å². The van der Waals surface area contributed by atoms with Crippen molar-refractivity contribution in [3.8, 4) is 5.75 Å². The van der Waals surface area contributed by atoms with Crippen LogP contribution in [0.2, 0.25) is 0 Å². The van der Waals surface area contributed by atoms with E-state index in [1.165, 1.54) is 6.21 Å². The summed E-state index contributed by atoms with van der Waals surface area (Å²) < 4.78 is 8.01. The molecule has 1 heterocycles. The van der Waals surface area contributed by atoms with Crippen LogP contribution >= 0.6 is 15.9 Å². The van der Waals surface area contributed by atoms with Crippen LogP contribution in [-0.4, -0.2) is 29.2 Å². The van der Waals surface area contributed by atoms with Crippen molar-refractivity contribution in [2.45, 2.75) is 6.54 Å². The van der Waals surface area contributed by atoms with Crippen LogP contribution in [0.3, 0.4) is 0 Å². The lowest BCUT2D eigenvalue weighted by Gasteiger charge is -2.04. The van der Waals surface area contributed by atoms with Gasteiger partial charge in [-0.3, -0.25) is 9.59 Å².